The van der Waals surface area contributed by atoms with Crippen LogP contribution in [0.4, 0.5) is 11.4 Å². The SMILES string of the molecule is O=C(Nc1ccc(Cl)c([N+](=O)[O-])c1)c1n[nH]c2ccncc12. The van der Waals surface area contributed by atoms with E-state index in [1.165, 1.54) is 24.4 Å². The van der Waals surface area contributed by atoms with E-state index in [0.29, 0.717) is 10.9 Å². The fraction of sp³-hybridized carbons (Fsp3) is 0. The lowest BCUT2D eigenvalue weighted by molar-refractivity contribution is -0.384. The maximum atomic E-state index is 12.2. The van der Waals surface area contributed by atoms with Gasteiger partial charge in [0.05, 0.1) is 15.8 Å². The number of halogens is 1. The predicted octanol–water partition coefficient (Wildman–Crippen LogP) is 2.77. The largest absolute Gasteiger partial charge is 0.320 e. The van der Waals surface area contributed by atoms with Crippen LogP contribution in [0, 0.1) is 10.1 Å². The summed E-state index contributed by atoms with van der Waals surface area (Å²) in [4.78, 5) is 26.4. The summed E-state index contributed by atoms with van der Waals surface area (Å²) in [6.07, 6.45) is 3.09. The van der Waals surface area contributed by atoms with Crippen LogP contribution >= 0.6 is 11.6 Å². The number of aromatic amines is 1. The summed E-state index contributed by atoms with van der Waals surface area (Å²) >= 11 is 5.73. The predicted molar refractivity (Wildman–Crippen MR) is 79.9 cm³/mol. The van der Waals surface area contributed by atoms with Gasteiger partial charge in [-0.1, -0.05) is 11.6 Å². The van der Waals surface area contributed by atoms with Crippen LogP contribution in [0.1, 0.15) is 10.5 Å². The van der Waals surface area contributed by atoms with E-state index in [4.69, 9.17) is 11.6 Å². The number of hydrogen-bond acceptors (Lipinski definition) is 5. The van der Waals surface area contributed by atoms with E-state index in [2.05, 4.69) is 20.5 Å². The van der Waals surface area contributed by atoms with Crippen molar-refractivity contribution < 1.29 is 9.72 Å². The van der Waals surface area contributed by atoms with Gasteiger partial charge in [0.1, 0.15) is 5.02 Å². The number of H-pyrrole nitrogens is 1. The molecule has 0 aliphatic rings. The molecular formula is C13H8ClN5O3. The molecule has 1 aromatic carbocycles. The smallest absolute Gasteiger partial charge is 0.289 e. The Kier molecular flexibility index (Phi) is 3.43. The molecule has 8 nitrogen and oxygen atoms in total. The summed E-state index contributed by atoms with van der Waals surface area (Å²) in [5, 5.41) is 20.6. The Labute approximate surface area is 128 Å². The zero-order chi connectivity index (χ0) is 15.7. The lowest BCUT2D eigenvalue weighted by atomic mass is 10.2. The zero-order valence-corrected chi connectivity index (χ0v) is 11.7. The van der Waals surface area contributed by atoms with Gasteiger partial charge in [0.2, 0.25) is 0 Å². The Morgan fingerprint density at radius 2 is 2.18 bits per heavy atom. The molecule has 0 spiro atoms. The fourth-order valence-electron chi connectivity index (χ4n) is 1.95. The Bertz CT molecular complexity index is 892. The van der Waals surface area contributed by atoms with Crippen LogP contribution in [0.5, 0.6) is 0 Å². The molecule has 0 aliphatic carbocycles. The Morgan fingerprint density at radius 3 is 2.95 bits per heavy atom. The van der Waals surface area contributed by atoms with Crippen molar-refractivity contribution in [2.24, 2.45) is 0 Å². The van der Waals surface area contributed by atoms with E-state index in [-0.39, 0.29) is 22.1 Å². The second-order valence-corrected chi connectivity index (χ2v) is 4.78. The third-order valence-electron chi connectivity index (χ3n) is 2.98. The standard InChI is InChI=1S/C13H8ClN5O3/c14-9-2-1-7(5-11(9)19(21)22)16-13(20)12-8-6-15-4-3-10(8)17-18-12/h1-6H,(H,16,20)(H,17,18). The number of carbonyl (C=O) groups is 1. The summed E-state index contributed by atoms with van der Waals surface area (Å²) in [6.45, 7) is 0. The number of carbonyl (C=O) groups excluding carboxylic acids is 1. The van der Waals surface area contributed by atoms with Crippen LogP contribution in [0.2, 0.25) is 5.02 Å². The van der Waals surface area contributed by atoms with E-state index in [9.17, 15) is 14.9 Å². The minimum absolute atomic E-state index is 0.00239. The maximum absolute atomic E-state index is 12.2. The first-order valence-corrected chi connectivity index (χ1v) is 6.47. The van der Waals surface area contributed by atoms with Crippen LogP contribution < -0.4 is 5.32 Å². The first-order valence-electron chi connectivity index (χ1n) is 6.09. The van der Waals surface area contributed by atoms with E-state index >= 15 is 0 Å². The monoisotopic (exact) mass is 317 g/mol. The van der Waals surface area contributed by atoms with Crippen molar-refractivity contribution in [3.63, 3.8) is 0 Å². The molecule has 0 saturated carbocycles. The van der Waals surface area contributed by atoms with Gasteiger partial charge in [0.25, 0.3) is 11.6 Å². The Balaban J connectivity index is 1.91. The van der Waals surface area contributed by atoms with Crippen LogP contribution in [0.3, 0.4) is 0 Å². The van der Waals surface area contributed by atoms with E-state index in [1.807, 2.05) is 0 Å². The lowest BCUT2D eigenvalue weighted by Gasteiger charge is -2.04. The molecule has 2 N–H and O–H groups in total. The second-order valence-electron chi connectivity index (χ2n) is 4.37. The van der Waals surface area contributed by atoms with Crippen molar-refractivity contribution in [3.05, 3.63) is 57.5 Å². The number of nitro benzene ring substituents is 1. The number of anilines is 1. The van der Waals surface area contributed by atoms with Crippen molar-refractivity contribution in [1.82, 2.24) is 15.2 Å². The number of nitro groups is 1. The minimum atomic E-state index is -0.619. The summed E-state index contributed by atoms with van der Waals surface area (Å²) in [7, 11) is 0. The van der Waals surface area contributed by atoms with Gasteiger partial charge in [-0.2, -0.15) is 5.10 Å². The third kappa shape index (κ3) is 2.47. The average molecular weight is 318 g/mol. The van der Waals surface area contributed by atoms with Crippen LogP contribution in [0.15, 0.2) is 36.7 Å². The topological polar surface area (TPSA) is 114 Å². The molecule has 2 heterocycles. The normalized spacial score (nSPS) is 10.6. The number of rotatable bonds is 3. The molecule has 110 valence electrons. The number of amides is 1. The summed E-state index contributed by atoms with van der Waals surface area (Å²) in [6, 6.07) is 5.69. The van der Waals surface area contributed by atoms with Gasteiger partial charge >= 0.3 is 0 Å². The molecule has 22 heavy (non-hydrogen) atoms. The van der Waals surface area contributed by atoms with Crippen LogP contribution in [0.25, 0.3) is 10.9 Å². The average Bonchev–Trinajstić information content (AvgIpc) is 2.93. The van der Waals surface area contributed by atoms with Gasteiger partial charge in [0, 0.05) is 24.1 Å². The summed E-state index contributed by atoms with van der Waals surface area (Å²) < 4.78 is 0. The van der Waals surface area contributed by atoms with E-state index in [1.54, 1.807) is 12.3 Å². The number of benzene rings is 1. The molecule has 0 saturated heterocycles. The number of pyridine rings is 1. The lowest BCUT2D eigenvalue weighted by Crippen LogP contribution is -2.13. The minimum Gasteiger partial charge on any atom is -0.320 e. The highest BCUT2D eigenvalue weighted by Crippen LogP contribution is 2.27. The second kappa shape index (κ2) is 5.41. The van der Waals surface area contributed by atoms with Gasteiger partial charge in [-0.25, -0.2) is 0 Å². The number of aromatic nitrogens is 3. The van der Waals surface area contributed by atoms with Crippen molar-refractivity contribution in [2.75, 3.05) is 5.32 Å². The van der Waals surface area contributed by atoms with Crippen molar-refractivity contribution in [2.45, 2.75) is 0 Å². The van der Waals surface area contributed by atoms with E-state index < -0.39 is 10.8 Å². The Hall–Kier alpha value is -3.00. The first-order chi connectivity index (χ1) is 10.6. The summed E-state index contributed by atoms with van der Waals surface area (Å²) in [5.41, 5.74) is 0.789. The molecule has 0 aliphatic heterocycles. The number of nitrogens with one attached hydrogen (secondary N) is 2. The number of nitrogens with zero attached hydrogens (tertiary/aromatic N) is 3. The van der Waals surface area contributed by atoms with Gasteiger partial charge < -0.3 is 5.32 Å². The molecule has 9 heteroatoms. The van der Waals surface area contributed by atoms with E-state index in [0.717, 1.165) is 0 Å². The molecule has 3 aromatic rings. The van der Waals surface area contributed by atoms with Gasteiger partial charge in [0.15, 0.2) is 5.69 Å². The third-order valence-corrected chi connectivity index (χ3v) is 3.30. The van der Waals surface area contributed by atoms with Gasteiger partial charge in [-0.05, 0) is 18.2 Å². The highest BCUT2D eigenvalue weighted by molar-refractivity contribution is 6.32. The van der Waals surface area contributed by atoms with Crippen LogP contribution in [-0.2, 0) is 0 Å². The fourth-order valence-corrected chi connectivity index (χ4v) is 2.14. The molecule has 0 bridgehead atoms. The first kappa shape index (κ1) is 14.0. The highest BCUT2D eigenvalue weighted by Gasteiger charge is 2.17. The molecule has 0 radical (unpaired) electrons. The molecule has 0 unspecified atom stereocenters. The quantitative estimate of drug-likeness (QED) is 0.569. The molecular weight excluding hydrogens is 310 g/mol. The number of hydrogen-bond donors (Lipinski definition) is 2. The highest BCUT2D eigenvalue weighted by atomic mass is 35.5. The van der Waals surface area contributed by atoms with Crippen LogP contribution in [-0.4, -0.2) is 26.0 Å². The molecule has 0 atom stereocenters. The zero-order valence-electron chi connectivity index (χ0n) is 10.9. The molecule has 3 rings (SSSR count). The summed E-state index contributed by atoms with van der Waals surface area (Å²) in [5.74, 6) is -0.504. The molecule has 1 amide bonds. The number of fused-ring (bicyclic) bond motifs is 1. The van der Waals surface area contributed by atoms with Gasteiger partial charge in [-0.3, -0.25) is 25.0 Å². The van der Waals surface area contributed by atoms with Crippen molar-refractivity contribution in [3.8, 4) is 0 Å². The maximum Gasteiger partial charge on any atom is 0.289 e. The van der Waals surface area contributed by atoms with Gasteiger partial charge in [-0.15, -0.1) is 0 Å². The Morgan fingerprint density at radius 1 is 1.36 bits per heavy atom. The molecule has 2 aromatic heterocycles. The van der Waals surface area contributed by atoms with Crippen molar-refractivity contribution >= 4 is 39.8 Å². The molecule has 0 fully saturated rings. The van der Waals surface area contributed by atoms with Crippen molar-refractivity contribution in [1.29, 1.82) is 0 Å².